The second kappa shape index (κ2) is 10.3. The van der Waals surface area contributed by atoms with Crippen LogP contribution in [0.1, 0.15) is 0 Å². The van der Waals surface area contributed by atoms with Crippen LogP contribution in [0.15, 0.2) is 83.3 Å². The fourth-order valence-corrected chi connectivity index (χ4v) is 2.75. The van der Waals surface area contributed by atoms with E-state index in [1.807, 2.05) is 48.5 Å². The monoisotopic (exact) mass is 454 g/mol. The molecule has 0 heterocycles. The molecule has 0 aromatic heterocycles. The Labute approximate surface area is 176 Å². The summed E-state index contributed by atoms with van der Waals surface area (Å²) in [4.78, 5) is 23.8. The van der Waals surface area contributed by atoms with Crippen molar-refractivity contribution in [2.24, 2.45) is 0 Å². The summed E-state index contributed by atoms with van der Waals surface area (Å²) in [6.07, 6.45) is 0. The minimum atomic E-state index is -0.482. The summed E-state index contributed by atoms with van der Waals surface area (Å²) >= 11 is 3.32. The van der Waals surface area contributed by atoms with Gasteiger partial charge in [-0.3, -0.25) is 20.4 Å². The van der Waals surface area contributed by atoms with Gasteiger partial charge in [0.15, 0.2) is 13.2 Å². The number of nitrogens with one attached hydrogen (secondary N) is 2. The van der Waals surface area contributed by atoms with Crippen LogP contribution in [0.25, 0.3) is 11.1 Å². The first kappa shape index (κ1) is 20.4. The predicted octanol–water partition coefficient (Wildman–Crippen LogP) is 3.72. The molecule has 0 radical (unpaired) electrons. The number of ether oxygens (including phenoxy) is 2. The minimum absolute atomic E-state index is 0.223. The summed E-state index contributed by atoms with van der Waals surface area (Å²) < 4.78 is 11.9. The highest BCUT2D eigenvalue weighted by Crippen LogP contribution is 2.29. The Kier molecular flexibility index (Phi) is 7.24. The van der Waals surface area contributed by atoms with Gasteiger partial charge in [-0.25, -0.2) is 0 Å². The van der Waals surface area contributed by atoms with Crippen LogP contribution in [0.5, 0.6) is 11.5 Å². The molecule has 3 aromatic rings. The van der Waals surface area contributed by atoms with Gasteiger partial charge in [0.2, 0.25) is 0 Å². The van der Waals surface area contributed by atoms with Gasteiger partial charge in [-0.15, -0.1) is 0 Å². The van der Waals surface area contributed by atoms with Crippen molar-refractivity contribution in [1.82, 2.24) is 10.9 Å². The van der Waals surface area contributed by atoms with Crippen molar-refractivity contribution in [3.8, 4) is 22.6 Å². The van der Waals surface area contributed by atoms with Crippen LogP contribution >= 0.6 is 15.9 Å². The van der Waals surface area contributed by atoms with Crippen LogP contribution in [0.4, 0.5) is 0 Å². The number of rotatable bonds is 7. The molecular weight excluding hydrogens is 436 g/mol. The Morgan fingerprint density at radius 1 is 0.724 bits per heavy atom. The molecule has 0 aliphatic carbocycles. The van der Waals surface area contributed by atoms with Crippen molar-refractivity contribution >= 4 is 27.7 Å². The van der Waals surface area contributed by atoms with Gasteiger partial charge in [0.05, 0.1) is 0 Å². The van der Waals surface area contributed by atoms with Crippen molar-refractivity contribution < 1.29 is 19.1 Å². The topological polar surface area (TPSA) is 76.7 Å². The van der Waals surface area contributed by atoms with Gasteiger partial charge >= 0.3 is 0 Å². The lowest BCUT2D eigenvalue weighted by atomic mass is 10.1. The SMILES string of the molecule is O=C(COc1ccc(Br)cc1)NNC(=O)COc1ccccc1-c1ccccc1. The number of hydrazine groups is 1. The number of hydrogen-bond donors (Lipinski definition) is 2. The maximum atomic E-state index is 12.0. The number of amides is 2. The van der Waals surface area contributed by atoms with Crippen molar-refractivity contribution in [3.63, 3.8) is 0 Å². The fraction of sp³-hybridized carbons (Fsp3) is 0.0909. The molecule has 2 N–H and O–H groups in total. The smallest absolute Gasteiger partial charge is 0.276 e. The molecule has 3 aromatic carbocycles. The fourth-order valence-electron chi connectivity index (χ4n) is 2.48. The average Bonchev–Trinajstić information content (AvgIpc) is 2.76. The molecule has 7 heteroatoms. The van der Waals surface area contributed by atoms with Crippen molar-refractivity contribution in [1.29, 1.82) is 0 Å². The Bertz CT molecular complexity index is 962. The predicted molar refractivity (Wildman–Crippen MR) is 113 cm³/mol. The van der Waals surface area contributed by atoms with E-state index in [1.165, 1.54) is 0 Å². The third-order valence-corrected chi connectivity index (χ3v) is 4.38. The normalized spacial score (nSPS) is 10.1. The van der Waals surface area contributed by atoms with E-state index in [9.17, 15) is 9.59 Å². The number of carbonyl (C=O) groups is 2. The molecule has 0 bridgehead atoms. The molecule has 0 aliphatic rings. The van der Waals surface area contributed by atoms with Gasteiger partial charge in [0.1, 0.15) is 11.5 Å². The van der Waals surface area contributed by atoms with Crippen molar-refractivity contribution in [3.05, 3.63) is 83.3 Å². The van der Waals surface area contributed by atoms with E-state index in [2.05, 4.69) is 26.8 Å². The van der Waals surface area contributed by atoms with Crippen LogP contribution in [-0.2, 0) is 9.59 Å². The third kappa shape index (κ3) is 6.36. The molecule has 2 amide bonds. The highest BCUT2D eigenvalue weighted by atomic mass is 79.9. The van der Waals surface area contributed by atoms with Gasteiger partial charge in [0.25, 0.3) is 11.8 Å². The van der Waals surface area contributed by atoms with Gasteiger partial charge in [-0.1, -0.05) is 64.5 Å². The van der Waals surface area contributed by atoms with E-state index in [4.69, 9.17) is 9.47 Å². The Morgan fingerprint density at radius 3 is 2.00 bits per heavy atom. The molecule has 0 saturated carbocycles. The molecular formula is C22H19BrN2O4. The van der Waals surface area contributed by atoms with Crippen LogP contribution in [0.3, 0.4) is 0 Å². The van der Waals surface area contributed by atoms with Crippen LogP contribution in [-0.4, -0.2) is 25.0 Å². The summed E-state index contributed by atoms with van der Waals surface area (Å²) in [6, 6.07) is 24.3. The largest absolute Gasteiger partial charge is 0.484 e. The lowest BCUT2D eigenvalue weighted by molar-refractivity contribution is -0.131. The summed E-state index contributed by atoms with van der Waals surface area (Å²) in [6.45, 7) is -0.461. The zero-order chi connectivity index (χ0) is 20.5. The van der Waals surface area contributed by atoms with Crippen LogP contribution in [0.2, 0.25) is 0 Å². The van der Waals surface area contributed by atoms with Gasteiger partial charge in [-0.2, -0.15) is 0 Å². The lowest BCUT2D eigenvalue weighted by Gasteiger charge is -2.12. The standard InChI is InChI=1S/C22H19BrN2O4/c23-17-10-12-18(13-11-17)28-14-21(26)24-25-22(27)15-29-20-9-5-4-8-19(20)16-6-2-1-3-7-16/h1-13H,14-15H2,(H,24,26)(H,25,27). The van der Waals surface area contributed by atoms with E-state index < -0.39 is 11.8 Å². The van der Waals surface area contributed by atoms with E-state index >= 15 is 0 Å². The summed E-state index contributed by atoms with van der Waals surface area (Å²) in [5, 5.41) is 0. The first-order chi connectivity index (χ1) is 14.1. The average molecular weight is 455 g/mol. The van der Waals surface area contributed by atoms with E-state index in [0.29, 0.717) is 11.5 Å². The number of benzene rings is 3. The number of carbonyl (C=O) groups excluding carboxylic acids is 2. The Hall–Kier alpha value is -3.32. The quantitative estimate of drug-likeness (QED) is 0.533. The van der Waals surface area contributed by atoms with E-state index in [1.54, 1.807) is 30.3 Å². The Balaban J connectivity index is 1.44. The van der Waals surface area contributed by atoms with E-state index in [0.717, 1.165) is 15.6 Å². The van der Waals surface area contributed by atoms with Crippen LogP contribution in [0, 0.1) is 0 Å². The Morgan fingerprint density at radius 2 is 1.31 bits per heavy atom. The second-order valence-corrected chi connectivity index (χ2v) is 6.91. The number of halogens is 1. The molecule has 0 unspecified atom stereocenters. The van der Waals surface area contributed by atoms with Crippen molar-refractivity contribution in [2.75, 3.05) is 13.2 Å². The highest BCUT2D eigenvalue weighted by Gasteiger charge is 2.09. The van der Waals surface area contributed by atoms with Gasteiger partial charge in [-0.05, 0) is 35.9 Å². The molecule has 3 rings (SSSR count). The second-order valence-electron chi connectivity index (χ2n) is 5.99. The molecule has 148 valence electrons. The van der Waals surface area contributed by atoms with Gasteiger partial charge < -0.3 is 9.47 Å². The lowest BCUT2D eigenvalue weighted by Crippen LogP contribution is -2.45. The molecule has 0 atom stereocenters. The van der Waals surface area contributed by atoms with E-state index in [-0.39, 0.29) is 13.2 Å². The third-order valence-electron chi connectivity index (χ3n) is 3.86. The highest BCUT2D eigenvalue weighted by molar-refractivity contribution is 9.10. The first-order valence-electron chi connectivity index (χ1n) is 8.85. The minimum Gasteiger partial charge on any atom is -0.484 e. The van der Waals surface area contributed by atoms with Crippen LogP contribution < -0.4 is 20.3 Å². The van der Waals surface area contributed by atoms with Gasteiger partial charge in [0, 0.05) is 10.0 Å². The van der Waals surface area contributed by atoms with Crippen molar-refractivity contribution in [2.45, 2.75) is 0 Å². The maximum absolute atomic E-state index is 12.0. The number of hydrogen-bond acceptors (Lipinski definition) is 4. The molecule has 6 nitrogen and oxygen atoms in total. The first-order valence-corrected chi connectivity index (χ1v) is 9.64. The molecule has 0 spiro atoms. The summed E-state index contributed by atoms with van der Waals surface area (Å²) in [5.74, 6) is 0.171. The zero-order valence-corrected chi connectivity index (χ0v) is 17.0. The molecule has 0 aliphatic heterocycles. The summed E-state index contributed by atoms with van der Waals surface area (Å²) in [5.41, 5.74) is 6.47. The summed E-state index contributed by atoms with van der Waals surface area (Å²) in [7, 11) is 0. The zero-order valence-electron chi connectivity index (χ0n) is 15.4. The maximum Gasteiger partial charge on any atom is 0.276 e. The molecule has 0 fully saturated rings. The molecule has 0 saturated heterocycles. The molecule has 29 heavy (non-hydrogen) atoms. The number of para-hydroxylation sites is 1.